The maximum Gasteiger partial charge on any atom is 0.136 e. The van der Waals surface area contributed by atoms with E-state index in [-0.39, 0.29) is 21.1 Å². The molecule has 55 heavy (non-hydrogen) atoms. The number of benzene rings is 6. The van der Waals surface area contributed by atoms with Gasteiger partial charge in [-0.2, -0.15) is 0 Å². The molecule has 0 saturated carbocycles. The third-order valence-corrected chi connectivity index (χ3v) is 9.97. The molecule has 0 amide bonds. The van der Waals surface area contributed by atoms with Gasteiger partial charge in [-0.1, -0.05) is 108 Å². The Balaban J connectivity index is 0.00000397. The quantitative estimate of drug-likeness (QED) is 0.118. The van der Waals surface area contributed by atoms with Crippen LogP contribution in [0, 0.1) is 18.8 Å². The summed E-state index contributed by atoms with van der Waals surface area (Å²) < 4.78 is 2.19. The van der Waals surface area contributed by atoms with E-state index in [1.165, 1.54) is 0 Å². The largest absolute Gasteiger partial charge is 0.488 e. The van der Waals surface area contributed by atoms with E-state index in [0.717, 1.165) is 83.8 Å². The van der Waals surface area contributed by atoms with Gasteiger partial charge >= 0.3 is 0 Å². The Bertz CT molecular complexity index is 2760. The van der Waals surface area contributed by atoms with Gasteiger partial charge in [0, 0.05) is 62.2 Å². The van der Waals surface area contributed by atoms with Gasteiger partial charge in [-0.25, -0.2) is 4.98 Å². The van der Waals surface area contributed by atoms with Gasteiger partial charge in [0.25, 0.3) is 0 Å². The van der Waals surface area contributed by atoms with Crippen molar-refractivity contribution in [3.8, 4) is 5.82 Å². The molecule has 0 aliphatic carbocycles. The number of aromatic nitrogens is 3. The molecule has 0 saturated heterocycles. The van der Waals surface area contributed by atoms with Crippen LogP contribution in [-0.2, 0) is 21.1 Å². The van der Waals surface area contributed by atoms with Crippen molar-refractivity contribution in [2.75, 3.05) is 9.80 Å². The Morgan fingerprint density at radius 2 is 1.16 bits per heavy atom. The average molecular weight is 886 g/mol. The minimum Gasteiger partial charge on any atom is -0.488 e. The Hall–Kier alpha value is -6.55. The van der Waals surface area contributed by atoms with Gasteiger partial charge in [0.05, 0.1) is 0 Å². The van der Waals surface area contributed by atoms with Crippen molar-refractivity contribution in [3.63, 3.8) is 0 Å². The molecule has 10 rings (SSSR count). The summed E-state index contributed by atoms with van der Waals surface area (Å²) in [4.78, 5) is 13.7. The normalized spacial score (nSPS) is 12.1. The van der Waals surface area contributed by atoms with E-state index in [1.807, 2.05) is 48.9 Å². The molecule has 1 aliphatic heterocycles. The van der Waals surface area contributed by atoms with Crippen molar-refractivity contribution in [3.05, 3.63) is 230 Å². The maximum absolute atomic E-state index is 4.78. The first-order valence-electron chi connectivity index (χ1n) is 18.0. The van der Waals surface area contributed by atoms with Crippen LogP contribution in [0.4, 0.5) is 22.7 Å². The first-order chi connectivity index (χ1) is 26.8. The van der Waals surface area contributed by atoms with Crippen LogP contribution in [0.25, 0.3) is 38.8 Å². The van der Waals surface area contributed by atoms with Gasteiger partial charge in [-0.05, 0) is 70.1 Å². The molecule has 0 fully saturated rings. The smallest absolute Gasteiger partial charge is 0.136 e. The van der Waals surface area contributed by atoms with Crippen LogP contribution in [0.1, 0.15) is 22.3 Å². The second-order valence-corrected chi connectivity index (χ2v) is 13.2. The predicted molar refractivity (Wildman–Crippen MR) is 220 cm³/mol. The zero-order valence-electron chi connectivity index (χ0n) is 29.5. The van der Waals surface area contributed by atoms with E-state index in [4.69, 9.17) is 4.98 Å². The molecular formula is C49H32N5Pt-3. The van der Waals surface area contributed by atoms with Crippen molar-refractivity contribution in [1.82, 2.24) is 14.5 Å². The van der Waals surface area contributed by atoms with Crippen molar-refractivity contribution in [2.45, 2.75) is 0 Å². The third kappa shape index (κ3) is 6.13. The van der Waals surface area contributed by atoms with Crippen molar-refractivity contribution >= 4 is 55.7 Å². The first kappa shape index (κ1) is 34.2. The molecule has 6 aromatic carbocycles. The van der Waals surface area contributed by atoms with Crippen LogP contribution >= 0.6 is 0 Å². The van der Waals surface area contributed by atoms with E-state index >= 15 is 0 Å². The summed E-state index contributed by atoms with van der Waals surface area (Å²) in [6.07, 6.45) is 5.60. The summed E-state index contributed by atoms with van der Waals surface area (Å²) in [6, 6.07) is 66.9. The summed E-state index contributed by atoms with van der Waals surface area (Å²) in [5.74, 6) is 0.828. The third-order valence-electron chi connectivity index (χ3n) is 9.97. The van der Waals surface area contributed by atoms with Crippen LogP contribution in [0.15, 0.2) is 188 Å². The summed E-state index contributed by atoms with van der Waals surface area (Å²) in [6.45, 7) is 2.16. The van der Waals surface area contributed by atoms with Crippen molar-refractivity contribution in [1.29, 1.82) is 0 Å². The summed E-state index contributed by atoms with van der Waals surface area (Å²) in [7, 11) is 0. The molecule has 0 bridgehead atoms. The summed E-state index contributed by atoms with van der Waals surface area (Å²) in [5.41, 5.74) is 12.4. The minimum absolute atomic E-state index is 0. The Kier molecular flexibility index (Phi) is 9.15. The Morgan fingerprint density at radius 1 is 0.509 bits per heavy atom. The van der Waals surface area contributed by atoms with Crippen LogP contribution in [0.3, 0.4) is 0 Å². The SMILES string of the molecule is [Pt].[c-]1c(C(=C(c2ccccc2)c2ccccc2)c2[c-]c3c(cc2)c2cnccc2n3-c2ccccn2)cccc1N1[CH-]N(c2ccccc2)c2ccccc21. The zero-order valence-corrected chi connectivity index (χ0v) is 31.8. The first-order valence-corrected chi connectivity index (χ1v) is 18.0. The van der Waals surface area contributed by atoms with E-state index in [1.54, 1.807) is 0 Å². The van der Waals surface area contributed by atoms with Gasteiger partial charge < -0.3 is 14.4 Å². The molecule has 0 unspecified atom stereocenters. The predicted octanol–water partition coefficient (Wildman–Crippen LogP) is 11.6. The minimum atomic E-state index is 0. The van der Waals surface area contributed by atoms with E-state index in [2.05, 4.69) is 178 Å². The molecule has 4 heterocycles. The molecule has 3 aromatic heterocycles. The number of para-hydroxylation sites is 3. The number of nitrogens with zero attached hydrogens (tertiary/aromatic N) is 5. The van der Waals surface area contributed by atoms with Crippen LogP contribution in [0.2, 0.25) is 0 Å². The van der Waals surface area contributed by atoms with Gasteiger partial charge in [-0.15, -0.1) is 65.8 Å². The van der Waals surface area contributed by atoms with Crippen LogP contribution in [-0.4, -0.2) is 14.5 Å². The standard InChI is InChI=1S/C49H32N5.Pt/c1-4-15-35(16-5-1)48(36-17-6-2-7-18-36)49(38-26-27-41-42-33-50-30-28-43(42)54(46(41)32-38)47-25-12-13-29-51-47)37-19-14-22-40(31-37)53-34-52(39-20-8-3-9-21-39)44-23-10-11-24-45(44)53;/h1-30,33-34H;/q-3;. The molecule has 9 aromatic rings. The molecule has 1 aliphatic rings. The number of hydrogen-bond donors (Lipinski definition) is 0. The molecule has 266 valence electrons. The topological polar surface area (TPSA) is 37.2 Å². The number of hydrogen-bond acceptors (Lipinski definition) is 4. The fourth-order valence-electron chi connectivity index (χ4n) is 7.58. The number of pyridine rings is 2. The second-order valence-electron chi connectivity index (χ2n) is 13.2. The van der Waals surface area contributed by atoms with E-state index < -0.39 is 0 Å². The maximum atomic E-state index is 4.78. The number of rotatable bonds is 7. The summed E-state index contributed by atoms with van der Waals surface area (Å²) in [5, 5.41) is 2.12. The molecule has 5 nitrogen and oxygen atoms in total. The zero-order chi connectivity index (χ0) is 35.8. The fraction of sp³-hybridized carbons (Fsp3) is 0. The monoisotopic (exact) mass is 885 g/mol. The number of fused-ring (bicyclic) bond motifs is 4. The summed E-state index contributed by atoms with van der Waals surface area (Å²) >= 11 is 0. The molecular weight excluding hydrogens is 854 g/mol. The van der Waals surface area contributed by atoms with Gasteiger partial charge in [0.2, 0.25) is 0 Å². The van der Waals surface area contributed by atoms with Gasteiger partial charge in [0.1, 0.15) is 5.82 Å². The second kappa shape index (κ2) is 14.7. The average Bonchev–Trinajstić information content (AvgIpc) is 3.80. The fourth-order valence-corrected chi connectivity index (χ4v) is 7.58. The molecule has 0 radical (unpaired) electrons. The van der Waals surface area contributed by atoms with Crippen LogP contribution < -0.4 is 9.80 Å². The molecule has 0 spiro atoms. The Morgan fingerprint density at radius 3 is 1.87 bits per heavy atom. The Labute approximate surface area is 334 Å². The van der Waals surface area contributed by atoms with E-state index in [9.17, 15) is 0 Å². The van der Waals surface area contributed by atoms with Gasteiger partial charge in [0.15, 0.2) is 0 Å². The molecule has 6 heteroatoms. The van der Waals surface area contributed by atoms with Gasteiger partial charge in [-0.3, -0.25) is 4.98 Å². The van der Waals surface area contributed by atoms with Crippen molar-refractivity contribution in [2.24, 2.45) is 0 Å². The molecule has 0 atom stereocenters. The van der Waals surface area contributed by atoms with Crippen LogP contribution in [0.5, 0.6) is 0 Å². The number of anilines is 4. The van der Waals surface area contributed by atoms with E-state index in [0.29, 0.717) is 0 Å². The van der Waals surface area contributed by atoms with Crippen molar-refractivity contribution < 1.29 is 21.1 Å². The molecule has 0 N–H and O–H groups in total.